The first-order chi connectivity index (χ1) is 12.4. The second-order valence-electron chi connectivity index (χ2n) is 7.28. The van der Waals surface area contributed by atoms with E-state index in [9.17, 15) is 4.39 Å². The van der Waals surface area contributed by atoms with Crippen LogP contribution in [0, 0.1) is 26.6 Å². The average Bonchev–Trinajstić information content (AvgIpc) is 2.60. The fourth-order valence-electron chi connectivity index (χ4n) is 3.72. The first-order valence-corrected chi connectivity index (χ1v) is 9.55. The van der Waals surface area contributed by atoms with Crippen LogP contribution in [0.15, 0.2) is 36.4 Å². The Kier molecular flexibility index (Phi) is 5.89. The topological polar surface area (TPSA) is 19.7 Å². The largest absolute Gasteiger partial charge is 0.332 e. The highest BCUT2D eigenvalue weighted by Gasteiger charge is 2.23. The zero-order valence-electron chi connectivity index (χ0n) is 15.7. The average molecular weight is 373 g/mol. The molecule has 2 aromatic rings. The van der Waals surface area contributed by atoms with Crippen molar-refractivity contribution in [1.82, 2.24) is 4.90 Å². The van der Waals surface area contributed by atoms with Crippen LogP contribution in [0.5, 0.6) is 0 Å². The molecule has 1 aliphatic heterocycles. The molecule has 1 fully saturated rings. The van der Waals surface area contributed by atoms with Crippen LogP contribution in [0.2, 0.25) is 0 Å². The maximum absolute atomic E-state index is 13.1. The van der Waals surface area contributed by atoms with E-state index in [1.807, 2.05) is 12.1 Å². The lowest BCUT2D eigenvalue weighted by molar-refractivity contribution is -0.927. The molecule has 2 aromatic carbocycles. The predicted octanol–water partition coefficient (Wildman–Crippen LogP) is 3.20. The van der Waals surface area contributed by atoms with Crippen LogP contribution < -0.4 is 10.2 Å². The van der Waals surface area contributed by atoms with Crippen molar-refractivity contribution in [3.05, 3.63) is 64.5 Å². The smallest absolute Gasteiger partial charge is 0.177 e. The maximum atomic E-state index is 13.1. The molecule has 1 unspecified atom stereocenters. The highest BCUT2D eigenvalue weighted by atomic mass is 32.1. The van der Waals surface area contributed by atoms with Gasteiger partial charge in [0.1, 0.15) is 12.4 Å². The first kappa shape index (κ1) is 18.8. The van der Waals surface area contributed by atoms with Crippen LogP contribution in [0.3, 0.4) is 0 Å². The lowest BCUT2D eigenvalue weighted by atomic mass is 10.1. The van der Waals surface area contributed by atoms with Crippen LogP contribution in [-0.2, 0) is 6.54 Å². The first-order valence-electron chi connectivity index (χ1n) is 9.14. The van der Waals surface area contributed by atoms with E-state index >= 15 is 0 Å². The van der Waals surface area contributed by atoms with Crippen molar-refractivity contribution in [2.45, 2.75) is 33.7 Å². The number of thiocarbonyl (C=S) groups is 1. The molecule has 1 saturated heterocycles. The van der Waals surface area contributed by atoms with Crippen molar-refractivity contribution >= 4 is 23.0 Å². The van der Waals surface area contributed by atoms with Gasteiger partial charge < -0.3 is 15.1 Å². The summed E-state index contributed by atoms with van der Waals surface area (Å²) >= 11 is 5.69. The Labute approximate surface area is 160 Å². The van der Waals surface area contributed by atoms with E-state index in [1.54, 1.807) is 0 Å². The Morgan fingerprint density at radius 2 is 1.81 bits per heavy atom. The minimum absolute atomic E-state index is 0.182. The number of quaternary nitrogens is 1. The number of hydrogen-bond donors (Lipinski definition) is 2. The van der Waals surface area contributed by atoms with Crippen molar-refractivity contribution in [1.29, 1.82) is 0 Å². The van der Waals surface area contributed by atoms with Gasteiger partial charge in [-0.05, 0) is 56.2 Å². The Hall–Kier alpha value is -1.98. The summed E-state index contributed by atoms with van der Waals surface area (Å²) in [6, 6.07) is 11.2. The zero-order valence-corrected chi connectivity index (χ0v) is 16.5. The molecule has 1 aliphatic rings. The van der Waals surface area contributed by atoms with Crippen LogP contribution in [0.25, 0.3) is 0 Å². The summed E-state index contributed by atoms with van der Waals surface area (Å²) in [5.41, 5.74) is 5.98. The Morgan fingerprint density at radius 1 is 1.15 bits per heavy atom. The predicted molar refractivity (Wildman–Crippen MR) is 109 cm³/mol. The van der Waals surface area contributed by atoms with E-state index < -0.39 is 0 Å². The van der Waals surface area contributed by atoms with E-state index in [0.717, 1.165) is 49.1 Å². The van der Waals surface area contributed by atoms with E-state index in [0.29, 0.717) is 0 Å². The van der Waals surface area contributed by atoms with E-state index in [-0.39, 0.29) is 5.82 Å². The summed E-state index contributed by atoms with van der Waals surface area (Å²) in [6.45, 7) is 10.2. The molecule has 0 saturated carbocycles. The summed E-state index contributed by atoms with van der Waals surface area (Å²) in [5, 5.41) is 4.25. The van der Waals surface area contributed by atoms with E-state index in [4.69, 9.17) is 12.2 Å². The van der Waals surface area contributed by atoms with Gasteiger partial charge in [0.2, 0.25) is 0 Å². The van der Waals surface area contributed by atoms with Gasteiger partial charge in [-0.1, -0.05) is 29.8 Å². The van der Waals surface area contributed by atoms with Crippen molar-refractivity contribution in [2.75, 3.05) is 25.1 Å². The molecule has 138 valence electrons. The fraction of sp³-hybridized carbons (Fsp3) is 0.381. The third kappa shape index (κ3) is 4.59. The quantitative estimate of drug-likeness (QED) is 0.808. The van der Waals surface area contributed by atoms with Gasteiger partial charge in [-0.3, -0.25) is 0 Å². The van der Waals surface area contributed by atoms with Crippen LogP contribution in [-0.4, -0.2) is 29.8 Å². The lowest BCUT2D eigenvalue weighted by Gasteiger charge is -2.34. The van der Waals surface area contributed by atoms with Gasteiger partial charge in [-0.25, -0.2) is 4.39 Å². The maximum Gasteiger partial charge on any atom is 0.177 e. The molecule has 3 rings (SSSR count). The number of hydrogen-bond acceptors (Lipinski definition) is 1. The summed E-state index contributed by atoms with van der Waals surface area (Å²) in [5.74, 6) is -0.182. The van der Waals surface area contributed by atoms with Crippen molar-refractivity contribution < 1.29 is 9.29 Å². The van der Waals surface area contributed by atoms with Gasteiger partial charge in [0.05, 0.1) is 6.54 Å². The molecule has 26 heavy (non-hydrogen) atoms. The Bertz CT molecular complexity index is 765. The van der Waals surface area contributed by atoms with Crippen LogP contribution in [0.4, 0.5) is 10.1 Å². The van der Waals surface area contributed by atoms with E-state index in [1.165, 1.54) is 33.7 Å². The Balaban J connectivity index is 1.64. The molecule has 3 nitrogen and oxygen atoms in total. The molecular formula is C21H27FN3S+. The minimum atomic E-state index is -0.182. The molecule has 5 heteroatoms. The standard InChI is InChI=1S/C21H26FN3S/c1-15-11-16(2)20(17(3)12-15)23-21(26)25-10-4-9-24(14-25)13-18-5-7-19(22)8-6-18/h5-8,11-12H,4,9-10,13-14H2,1-3H3,(H,23,26)/p+1. The molecule has 2 N–H and O–H groups in total. The number of halogens is 1. The summed E-state index contributed by atoms with van der Waals surface area (Å²) < 4.78 is 13.1. The SMILES string of the molecule is Cc1cc(C)c(NC(=S)N2CCC[NH+](Cc3ccc(F)cc3)C2)c(C)c1. The zero-order chi connectivity index (χ0) is 18.7. The summed E-state index contributed by atoms with van der Waals surface area (Å²) in [6.07, 6.45) is 1.10. The van der Waals surface area contributed by atoms with Crippen molar-refractivity contribution in [2.24, 2.45) is 0 Å². The molecule has 0 amide bonds. The number of rotatable bonds is 3. The van der Waals surface area contributed by atoms with Crippen LogP contribution >= 0.6 is 12.2 Å². The van der Waals surface area contributed by atoms with Crippen molar-refractivity contribution in [3.63, 3.8) is 0 Å². The minimum Gasteiger partial charge on any atom is -0.332 e. The molecule has 0 aliphatic carbocycles. The number of nitrogens with zero attached hydrogens (tertiary/aromatic N) is 1. The van der Waals surface area contributed by atoms with Gasteiger partial charge in [0.15, 0.2) is 11.8 Å². The monoisotopic (exact) mass is 372 g/mol. The van der Waals surface area contributed by atoms with Crippen molar-refractivity contribution in [3.8, 4) is 0 Å². The third-order valence-corrected chi connectivity index (χ3v) is 5.30. The molecular weight excluding hydrogens is 345 g/mol. The van der Waals surface area contributed by atoms with Gasteiger partial charge in [0.25, 0.3) is 0 Å². The van der Waals surface area contributed by atoms with E-state index in [2.05, 4.69) is 43.1 Å². The molecule has 1 heterocycles. The number of nitrogens with one attached hydrogen (secondary N) is 2. The van der Waals surface area contributed by atoms with Gasteiger partial charge in [-0.15, -0.1) is 0 Å². The second-order valence-corrected chi connectivity index (χ2v) is 7.67. The molecule has 0 radical (unpaired) electrons. The number of aryl methyl sites for hydroxylation is 3. The lowest BCUT2D eigenvalue weighted by Crippen LogP contribution is -3.13. The summed E-state index contributed by atoms with van der Waals surface area (Å²) in [7, 11) is 0. The van der Waals surface area contributed by atoms with Gasteiger partial charge in [-0.2, -0.15) is 0 Å². The third-order valence-electron chi connectivity index (χ3n) is 4.94. The molecule has 1 atom stereocenters. The highest BCUT2D eigenvalue weighted by molar-refractivity contribution is 7.80. The number of anilines is 1. The van der Waals surface area contributed by atoms with Gasteiger partial charge in [0, 0.05) is 24.2 Å². The van der Waals surface area contributed by atoms with Gasteiger partial charge >= 0.3 is 0 Å². The number of benzene rings is 2. The van der Waals surface area contributed by atoms with Crippen LogP contribution in [0.1, 0.15) is 28.7 Å². The molecule has 0 aromatic heterocycles. The molecule has 0 bridgehead atoms. The highest BCUT2D eigenvalue weighted by Crippen LogP contribution is 2.22. The summed E-state index contributed by atoms with van der Waals surface area (Å²) in [4.78, 5) is 3.69. The molecule has 0 spiro atoms. The second kappa shape index (κ2) is 8.14. The Morgan fingerprint density at radius 3 is 2.46 bits per heavy atom. The fourth-order valence-corrected chi connectivity index (χ4v) is 3.98. The normalized spacial score (nSPS) is 17.2.